The van der Waals surface area contributed by atoms with E-state index in [1.165, 1.54) is 12.1 Å². The Hall–Kier alpha value is -2.01. The van der Waals surface area contributed by atoms with E-state index in [1.54, 1.807) is 6.07 Å². The predicted octanol–water partition coefficient (Wildman–Crippen LogP) is 3.20. The SMILES string of the molecule is Cn1cccc1CNc1ccc(Cl)c([N+](=O)[O-])c1. The van der Waals surface area contributed by atoms with E-state index in [1.807, 2.05) is 29.9 Å². The van der Waals surface area contributed by atoms with E-state index < -0.39 is 4.92 Å². The van der Waals surface area contributed by atoms with Crippen molar-refractivity contribution >= 4 is 23.0 Å². The molecule has 0 saturated heterocycles. The monoisotopic (exact) mass is 265 g/mol. The maximum absolute atomic E-state index is 10.8. The lowest BCUT2D eigenvalue weighted by atomic mass is 10.2. The summed E-state index contributed by atoms with van der Waals surface area (Å²) in [5, 5.41) is 14.0. The maximum Gasteiger partial charge on any atom is 0.289 e. The van der Waals surface area contributed by atoms with Crippen LogP contribution in [0.5, 0.6) is 0 Å². The van der Waals surface area contributed by atoms with E-state index >= 15 is 0 Å². The summed E-state index contributed by atoms with van der Waals surface area (Å²) in [5.74, 6) is 0. The summed E-state index contributed by atoms with van der Waals surface area (Å²) in [4.78, 5) is 10.3. The zero-order valence-electron chi connectivity index (χ0n) is 9.76. The first-order valence-electron chi connectivity index (χ1n) is 5.36. The molecule has 5 nitrogen and oxygen atoms in total. The number of anilines is 1. The molecule has 0 bridgehead atoms. The molecule has 0 aliphatic heterocycles. The van der Waals surface area contributed by atoms with Crippen LogP contribution in [0.3, 0.4) is 0 Å². The molecule has 1 N–H and O–H groups in total. The van der Waals surface area contributed by atoms with Gasteiger partial charge >= 0.3 is 0 Å². The average Bonchev–Trinajstić information content (AvgIpc) is 2.73. The van der Waals surface area contributed by atoms with Gasteiger partial charge in [0.05, 0.1) is 11.5 Å². The van der Waals surface area contributed by atoms with Crippen LogP contribution < -0.4 is 5.32 Å². The van der Waals surface area contributed by atoms with Crippen LogP contribution >= 0.6 is 11.6 Å². The minimum Gasteiger partial charge on any atom is -0.379 e. The van der Waals surface area contributed by atoms with Crippen molar-refractivity contribution in [1.82, 2.24) is 4.57 Å². The first-order valence-corrected chi connectivity index (χ1v) is 5.74. The van der Waals surface area contributed by atoms with Crippen molar-refractivity contribution in [2.45, 2.75) is 6.54 Å². The Kier molecular flexibility index (Phi) is 3.53. The Labute approximate surface area is 109 Å². The van der Waals surface area contributed by atoms with Gasteiger partial charge < -0.3 is 9.88 Å². The fraction of sp³-hybridized carbons (Fsp3) is 0.167. The number of nitro groups is 1. The fourth-order valence-electron chi connectivity index (χ4n) is 1.64. The zero-order chi connectivity index (χ0) is 13.1. The number of aryl methyl sites for hydroxylation is 1. The predicted molar refractivity (Wildman–Crippen MR) is 70.8 cm³/mol. The van der Waals surface area contributed by atoms with Gasteiger partial charge in [-0.25, -0.2) is 0 Å². The quantitative estimate of drug-likeness (QED) is 0.682. The normalized spacial score (nSPS) is 10.3. The summed E-state index contributed by atoms with van der Waals surface area (Å²) in [6.45, 7) is 0.599. The number of nitrogens with one attached hydrogen (secondary N) is 1. The molecule has 0 spiro atoms. The average molecular weight is 266 g/mol. The van der Waals surface area contributed by atoms with Crippen molar-refractivity contribution < 1.29 is 4.92 Å². The van der Waals surface area contributed by atoms with E-state index in [9.17, 15) is 10.1 Å². The number of rotatable bonds is 4. The molecule has 0 aliphatic carbocycles. The lowest BCUT2D eigenvalue weighted by molar-refractivity contribution is -0.384. The second-order valence-corrected chi connectivity index (χ2v) is 4.29. The van der Waals surface area contributed by atoms with E-state index in [0.717, 1.165) is 5.69 Å². The van der Waals surface area contributed by atoms with Gasteiger partial charge in [0.1, 0.15) is 5.02 Å². The molecule has 1 aromatic carbocycles. The van der Waals surface area contributed by atoms with Crippen LogP contribution in [-0.2, 0) is 13.6 Å². The molecule has 6 heteroatoms. The third-order valence-corrected chi connectivity index (χ3v) is 2.99. The van der Waals surface area contributed by atoms with Gasteiger partial charge in [-0.3, -0.25) is 10.1 Å². The first kappa shape index (κ1) is 12.4. The van der Waals surface area contributed by atoms with Crippen LogP contribution in [0, 0.1) is 10.1 Å². The summed E-state index contributed by atoms with van der Waals surface area (Å²) in [7, 11) is 1.95. The fourth-order valence-corrected chi connectivity index (χ4v) is 1.82. The van der Waals surface area contributed by atoms with Crippen molar-refractivity contribution in [3.63, 3.8) is 0 Å². The molecule has 0 radical (unpaired) electrons. The van der Waals surface area contributed by atoms with Gasteiger partial charge in [0, 0.05) is 30.7 Å². The highest BCUT2D eigenvalue weighted by Crippen LogP contribution is 2.27. The Balaban J connectivity index is 2.13. The van der Waals surface area contributed by atoms with E-state index in [4.69, 9.17) is 11.6 Å². The van der Waals surface area contributed by atoms with Crippen LogP contribution in [0.2, 0.25) is 5.02 Å². The van der Waals surface area contributed by atoms with Gasteiger partial charge in [-0.15, -0.1) is 0 Å². The number of aromatic nitrogens is 1. The number of halogens is 1. The van der Waals surface area contributed by atoms with Crippen LogP contribution in [-0.4, -0.2) is 9.49 Å². The van der Waals surface area contributed by atoms with Gasteiger partial charge in [-0.1, -0.05) is 11.6 Å². The molecular formula is C12H12ClN3O2. The summed E-state index contributed by atoms with van der Waals surface area (Å²) >= 11 is 5.74. The lowest BCUT2D eigenvalue weighted by Gasteiger charge is -2.07. The molecule has 94 valence electrons. The second kappa shape index (κ2) is 5.10. The second-order valence-electron chi connectivity index (χ2n) is 3.89. The number of benzene rings is 1. The first-order chi connectivity index (χ1) is 8.58. The molecule has 0 unspecified atom stereocenters. The van der Waals surface area contributed by atoms with Gasteiger partial charge in [-0.05, 0) is 24.3 Å². The number of hydrogen-bond donors (Lipinski definition) is 1. The molecule has 18 heavy (non-hydrogen) atoms. The van der Waals surface area contributed by atoms with Gasteiger partial charge in [0.15, 0.2) is 0 Å². The molecule has 0 saturated carbocycles. The Morgan fingerprint density at radius 3 is 2.83 bits per heavy atom. The Bertz CT molecular complexity index is 580. The molecule has 2 rings (SSSR count). The minimum atomic E-state index is -0.490. The zero-order valence-corrected chi connectivity index (χ0v) is 10.5. The summed E-state index contributed by atoms with van der Waals surface area (Å²) in [6.07, 6.45) is 1.95. The van der Waals surface area contributed by atoms with Crippen LogP contribution in [0.15, 0.2) is 36.5 Å². The van der Waals surface area contributed by atoms with Crippen LogP contribution in [0.4, 0.5) is 11.4 Å². The molecule has 0 fully saturated rings. The standard InChI is InChI=1S/C12H12ClN3O2/c1-15-6-2-3-10(15)8-14-9-4-5-11(13)12(7-9)16(17)18/h2-7,14H,8H2,1H3. The molecule has 0 atom stereocenters. The largest absolute Gasteiger partial charge is 0.379 e. The topological polar surface area (TPSA) is 60.1 Å². The van der Waals surface area contributed by atoms with E-state index in [2.05, 4.69) is 5.32 Å². The summed E-state index contributed by atoms with van der Waals surface area (Å²) in [6, 6.07) is 8.61. The van der Waals surface area contributed by atoms with Crippen LogP contribution in [0.1, 0.15) is 5.69 Å². The summed E-state index contributed by atoms with van der Waals surface area (Å²) in [5.41, 5.74) is 1.67. The smallest absolute Gasteiger partial charge is 0.289 e. The van der Waals surface area contributed by atoms with Gasteiger partial charge in [0.2, 0.25) is 0 Å². The van der Waals surface area contributed by atoms with Crippen molar-refractivity contribution in [3.05, 3.63) is 57.4 Å². The molecule has 2 aromatic rings. The van der Waals surface area contributed by atoms with Crippen molar-refractivity contribution in [2.24, 2.45) is 7.05 Å². The maximum atomic E-state index is 10.8. The molecular weight excluding hydrogens is 254 g/mol. The number of nitrogens with zero attached hydrogens (tertiary/aromatic N) is 2. The van der Waals surface area contributed by atoms with Crippen LogP contribution in [0.25, 0.3) is 0 Å². The Morgan fingerprint density at radius 1 is 1.44 bits per heavy atom. The molecule has 0 aliphatic rings. The highest BCUT2D eigenvalue weighted by molar-refractivity contribution is 6.32. The van der Waals surface area contributed by atoms with E-state index in [-0.39, 0.29) is 10.7 Å². The highest BCUT2D eigenvalue weighted by Gasteiger charge is 2.12. The number of nitro benzene ring substituents is 1. The van der Waals surface area contributed by atoms with E-state index in [0.29, 0.717) is 12.2 Å². The van der Waals surface area contributed by atoms with Crippen molar-refractivity contribution in [1.29, 1.82) is 0 Å². The van der Waals surface area contributed by atoms with Crippen molar-refractivity contribution in [3.8, 4) is 0 Å². The van der Waals surface area contributed by atoms with Gasteiger partial charge in [0.25, 0.3) is 5.69 Å². The lowest BCUT2D eigenvalue weighted by Crippen LogP contribution is -2.04. The number of hydrogen-bond acceptors (Lipinski definition) is 3. The third-order valence-electron chi connectivity index (χ3n) is 2.67. The highest BCUT2D eigenvalue weighted by atomic mass is 35.5. The molecule has 0 amide bonds. The van der Waals surface area contributed by atoms with Crippen molar-refractivity contribution in [2.75, 3.05) is 5.32 Å². The molecule has 1 heterocycles. The summed E-state index contributed by atoms with van der Waals surface area (Å²) < 4.78 is 1.98. The third kappa shape index (κ3) is 2.62. The minimum absolute atomic E-state index is 0.0893. The van der Waals surface area contributed by atoms with Gasteiger partial charge in [-0.2, -0.15) is 0 Å². The Morgan fingerprint density at radius 2 is 2.22 bits per heavy atom. The molecule has 1 aromatic heterocycles.